The first-order valence-corrected chi connectivity index (χ1v) is 3.72. The SMILES string of the molecule is Cc1[nH]c(=O)nc(Br)c1[N+](=O)[O-]. The summed E-state index contributed by atoms with van der Waals surface area (Å²) in [4.78, 5) is 26.0. The van der Waals surface area contributed by atoms with Crippen LogP contribution in [-0.2, 0) is 0 Å². The fraction of sp³-hybridized carbons (Fsp3) is 0.200. The topological polar surface area (TPSA) is 88.9 Å². The fourth-order valence-corrected chi connectivity index (χ4v) is 1.36. The minimum absolute atomic E-state index is 0.0475. The Morgan fingerprint density at radius 2 is 2.25 bits per heavy atom. The third kappa shape index (κ3) is 1.50. The van der Waals surface area contributed by atoms with E-state index in [9.17, 15) is 14.9 Å². The molecule has 0 amide bonds. The number of rotatable bonds is 1. The van der Waals surface area contributed by atoms with Gasteiger partial charge in [-0.3, -0.25) is 10.1 Å². The molecule has 1 N–H and O–H groups in total. The zero-order valence-electron chi connectivity index (χ0n) is 6.00. The molecule has 1 heterocycles. The summed E-state index contributed by atoms with van der Waals surface area (Å²) in [6, 6.07) is 0. The molecule has 0 bridgehead atoms. The van der Waals surface area contributed by atoms with Crippen LogP contribution in [0.25, 0.3) is 0 Å². The van der Waals surface area contributed by atoms with Crippen molar-refractivity contribution in [2.24, 2.45) is 0 Å². The van der Waals surface area contributed by atoms with Crippen LogP contribution in [0.5, 0.6) is 0 Å². The first-order valence-electron chi connectivity index (χ1n) is 2.93. The normalized spacial score (nSPS) is 9.83. The molecule has 1 aromatic heterocycles. The number of H-pyrrole nitrogens is 1. The molecule has 0 aliphatic carbocycles. The molecule has 0 aliphatic heterocycles. The van der Waals surface area contributed by atoms with Crippen molar-refractivity contribution in [2.45, 2.75) is 6.92 Å². The molecule has 64 valence electrons. The molecule has 0 spiro atoms. The molecule has 0 saturated heterocycles. The summed E-state index contributed by atoms with van der Waals surface area (Å²) < 4.78 is -0.0475. The smallest absolute Gasteiger partial charge is 0.304 e. The van der Waals surface area contributed by atoms with Crippen LogP contribution < -0.4 is 5.69 Å². The Hall–Kier alpha value is -1.24. The molecule has 0 saturated carbocycles. The fourth-order valence-electron chi connectivity index (χ4n) is 0.757. The van der Waals surface area contributed by atoms with Crippen molar-refractivity contribution in [1.29, 1.82) is 0 Å². The third-order valence-electron chi connectivity index (χ3n) is 1.23. The number of hydrogen-bond acceptors (Lipinski definition) is 4. The zero-order chi connectivity index (χ0) is 9.30. The Morgan fingerprint density at radius 3 is 2.67 bits per heavy atom. The van der Waals surface area contributed by atoms with Gasteiger partial charge in [-0.25, -0.2) is 4.79 Å². The third-order valence-corrected chi connectivity index (χ3v) is 1.78. The number of nitro groups is 1. The Bertz CT molecular complexity index is 360. The van der Waals surface area contributed by atoms with Crippen molar-refractivity contribution in [1.82, 2.24) is 9.97 Å². The highest BCUT2D eigenvalue weighted by Gasteiger charge is 2.17. The van der Waals surface area contributed by atoms with Crippen molar-refractivity contribution in [2.75, 3.05) is 0 Å². The monoisotopic (exact) mass is 233 g/mol. The highest BCUT2D eigenvalue weighted by molar-refractivity contribution is 9.10. The highest BCUT2D eigenvalue weighted by Crippen LogP contribution is 2.22. The van der Waals surface area contributed by atoms with Crippen LogP contribution in [0.4, 0.5) is 5.69 Å². The minimum atomic E-state index is -0.609. The summed E-state index contributed by atoms with van der Waals surface area (Å²) in [6.45, 7) is 1.44. The maximum atomic E-state index is 10.7. The van der Waals surface area contributed by atoms with Gasteiger partial charge < -0.3 is 4.98 Å². The molecule has 0 atom stereocenters. The molecule has 0 aliphatic rings. The maximum absolute atomic E-state index is 10.7. The van der Waals surface area contributed by atoms with E-state index in [0.29, 0.717) is 0 Å². The molecule has 12 heavy (non-hydrogen) atoms. The standard InChI is InChI=1S/C5H4BrN3O3/c1-2-3(9(11)12)4(6)8-5(10)7-2/h1H3,(H,7,8,10). The first kappa shape index (κ1) is 8.85. The van der Waals surface area contributed by atoms with Crippen LogP contribution >= 0.6 is 15.9 Å². The molecule has 0 radical (unpaired) electrons. The van der Waals surface area contributed by atoms with Gasteiger partial charge in [0.1, 0.15) is 0 Å². The molecule has 6 nitrogen and oxygen atoms in total. The van der Waals surface area contributed by atoms with Crippen molar-refractivity contribution < 1.29 is 4.92 Å². The summed E-state index contributed by atoms with van der Waals surface area (Å²) >= 11 is 2.83. The largest absolute Gasteiger partial charge is 0.346 e. The predicted octanol–water partition coefficient (Wildman–Crippen LogP) is 0.749. The lowest BCUT2D eigenvalue weighted by molar-refractivity contribution is -0.387. The Kier molecular flexibility index (Phi) is 2.22. The number of aromatic amines is 1. The lowest BCUT2D eigenvalue weighted by atomic mass is 10.4. The molecule has 0 fully saturated rings. The first-order chi connectivity index (χ1) is 5.52. The lowest BCUT2D eigenvalue weighted by Crippen LogP contribution is -2.13. The minimum Gasteiger partial charge on any atom is -0.304 e. The van der Waals surface area contributed by atoms with Gasteiger partial charge in [0.05, 0.1) is 10.6 Å². The Balaban J connectivity index is 3.48. The van der Waals surface area contributed by atoms with Gasteiger partial charge in [-0.05, 0) is 22.9 Å². The molecular weight excluding hydrogens is 230 g/mol. The maximum Gasteiger partial charge on any atom is 0.346 e. The van der Waals surface area contributed by atoms with E-state index in [2.05, 4.69) is 25.9 Å². The van der Waals surface area contributed by atoms with Crippen molar-refractivity contribution >= 4 is 21.6 Å². The van der Waals surface area contributed by atoms with Crippen LogP contribution in [0.3, 0.4) is 0 Å². The number of nitrogens with zero attached hydrogens (tertiary/aromatic N) is 2. The van der Waals surface area contributed by atoms with Gasteiger partial charge in [0.25, 0.3) is 0 Å². The molecule has 0 aromatic carbocycles. The van der Waals surface area contributed by atoms with Gasteiger partial charge in [0.15, 0.2) is 4.60 Å². The van der Waals surface area contributed by atoms with Gasteiger partial charge in [-0.15, -0.1) is 0 Å². The van der Waals surface area contributed by atoms with Gasteiger partial charge in [-0.1, -0.05) is 0 Å². The predicted molar refractivity (Wildman–Crippen MR) is 43.9 cm³/mol. The second-order valence-corrected chi connectivity index (χ2v) is 2.81. The Morgan fingerprint density at radius 1 is 1.67 bits per heavy atom. The van der Waals surface area contributed by atoms with Gasteiger partial charge >= 0.3 is 11.4 Å². The van der Waals surface area contributed by atoms with E-state index in [-0.39, 0.29) is 16.0 Å². The van der Waals surface area contributed by atoms with E-state index in [1.54, 1.807) is 0 Å². The van der Waals surface area contributed by atoms with E-state index in [1.165, 1.54) is 6.92 Å². The van der Waals surface area contributed by atoms with E-state index in [1.807, 2.05) is 0 Å². The summed E-state index contributed by atoms with van der Waals surface area (Å²) in [5.41, 5.74) is -0.633. The summed E-state index contributed by atoms with van der Waals surface area (Å²) in [6.07, 6.45) is 0. The van der Waals surface area contributed by atoms with Crippen LogP contribution in [-0.4, -0.2) is 14.9 Å². The summed E-state index contributed by atoms with van der Waals surface area (Å²) in [7, 11) is 0. The zero-order valence-corrected chi connectivity index (χ0v) is 7.58. The molecular formula is C5H4BrN3O3. The number of aryl methyl sites for hydroxylation is 1. The summed E-state index contributed by atoms with van der Waals surface area (Å²) in [5.74, 6) is 0. The molecule has 1 aromatic rings. The average molecular weight is 234 g/mol. The molecule has 1 rings (SSSR count). The van der Waals surface area contributed by atoms with Crippen LogP contribution in [0.1, 0.15) is 5.69 Å². The lowest BCUT2D eigenvalue weighted by Gasteiger charge is -1.96. The van der Waals surface area contributed by atoms with Crippen LogP contribution in [0.15, 0.2) is 9.40 Å². The van der Waals surface area contributed by atoms with Crippen LogP contribution in [0, 0.1) is 17.0 Å². The highest BCUT2D eigenvalue weighted by atomic mass is 79.9. The number of hydrogen-bond donors (Lipinski definition) is 1. The quantitative estimate of drug-likeness (QED) is 0.441. The van der Waals surface area contributed by atoms with Crippen molar-refractivity contribution in [3.63, 3.8) is 0 Å². The number of nitrogens with one attached hydrogen (secondary N) is 1. The van der Waals surface area contributed by atoms with Gasteiger partial charge in [-0.2, -0.15) is 4.98 Å². The van der Waals surface area contributed by atoms with Gasteiger partial charge in [0.2, 0.25) is 0 Å². The van der Waals surface area contributed by atoms with Gasteiger partial charge in [0, 0.05) is 0 Å². The average Bonchev–Trinajstić information content (AvgIpc) is 1.82. The van der Waals surface area contributed by atoms with Crippen molar-refractivity contribution in [3.8, 4) is 0 Å². The van der Waals surface area contributed by atoms with Crippen molar-refractivity contribution in [3.05, 3.63) is 30.9 Å². The second kappa shape index (κ2) is 3.02. The molecule has 7 heteroatoms. The molecule has 0 unspecified atom stereocenters. The van der Waals surface area contributed by atoms with E-state index in [0.717, 1.165) is 0 Å². The second-order valence-electron chi connectivity index (χ2n) is 2.06. The summed E-state index contributed by atoms with van der Waals surface area (Å²) in [5, 5.41) is 10.4. The number of halogens is 1. The van der Waals surface area contributed by atoms with E-state index < -0.39 is 10.6 Å². The van der Waals surface area contributed by atoms with Crippen LogP contribution in [0.2, 0.25) is 0 Å². The van der Waals surface area contributed by atoms with E-state index in [4.69, 9.17) is 0 Å². The van der Waals surface area contributed by atoms with E-state index >= 15 is 0 Å². The number of aromatic nitrogens is 2. The Labute approximate surface area is 74.9 Å².